The molecule has 8 heteroatoms. The standard InChI is InChI=1S/C18H23ClN6O/c1-11(2)12(3)24(13(4)26)18-14(9-20)10-21-25(18)17-16(19)15-7-5-6-8-23(15)22-17/h10-12H,5-8H2,1-4H3. The van der Waals surface area contributed by atoms with Gasteiger partial charge in [-0.3, -0.25) is 14.4 Å². The maximum absolute atomic E-state index is 12.4. The number of aryl methyl sites for hydroxylation is 1. The molecule has 0 saturated heterocycles. The third-order valence-electron chi connectivity index (χ3n) is 5.01. The average Bonchev–Trinajstić information content (AvgIpc) is 3.16. The van der Waals surface area contributed by atoms with Gasteiger partial charge in [-0.2, -0.15) is 20.1 Å². The van der Waals surface area contributed by atoms with Gasteiger partial charge in [0.25, 0.3) is 0 Å². The van der Waals surface area contributed by atoms with Crippen molar-refractivity contribution in [3.8, 4) is 11.9 Å². The molecule has 0 radical (unpaired) electrons. The Kier molecular flexibility index (Phi) is 5.05. The number of fused-ring (bicyclic) bond motifs is 1. The first-order valence-corrected chi connectivity index (χ1v) is 9.28. The molecule has 1 unspecified atom stereocenters. The maximum atomic E-state index is 12.4. The number of nitrogens with zero attached hydrogens (tertiary/aromatic N) is 6. The average molecular weight is 375 g/mol. The van der Waals surface area contributed by atoms with Crippen molar-refractivity contribution in [2.24, 2.45) is 5.92 Å². The number of anilines is 1. The zero-order valence-corrected chi connectivity index (χ0v) is 16.3. The number of rotatable bonds is 4. The molecule has 0 spiro atoms. The van der Waals surface area contributed by atoms with Gasteiger partial charge in [-0.05, 0) is 32.1 Å². The van der Waals surface area contributed by atoms with E-state index in [0.29, 0.717) is 22.2 Å². The normalized spacial score (nSPS) is 14.8. The summed E-state index contributed by atoms with van der Waals surface area (Å²) in [5, 5.41) is 19.1. The van der Waals surface area contributed by atoms with Gasteiger partial charge in [0.15, 0.2) is 11.6 Å². The van der Waals surface area contributed by atoms with E-state index in [4.69, 9.17) is 11.6 Å². The molecule has 1 atom stereocenters. The van der Waals surface area contributed by atoms with E-state index < -0.39 is 0 Å². The summed E-state index contributed by atoms with van der Waals surface area (Å²) >= 11 is 6.60. The van der Waals surface area contributed by atoms with E-state index in [2.05, 4.69) is 16.3 Å². The van der Waals surface area contributed by atoms with Gasteiger partial charge in [-0.15, -0.1) is 0 Å². The Morgan fingerprint density at radius 3 is 2.69 bits per heavy atom. The van der Waals surface area contributed by atoms with E-state index in [1.54, 1.807) is 4.90 Å². The molecule has 0 bridgehead atoms. The van der Waals surface area contributed by atoms with Crippen molar-refractivity contribution in [3.63, 3.8) is 0 Å². The Hall–Kier alpha value is -2.33. The van der Waals surface area contributed by atoms with Crippen molar-refractivity contribution < 1.29 is 4.79 Å². The molecule has 2 aromatic heterocycles. The van der Waals surface area contributed by atoms with Crippen LogP contribution in [0.15, 0.2) is 6.20 Å². The van der Waals surface area contributed by atoms with Gasteiger partial charge < -0.3 is 0 Å². The van der Waals surface area contributed by atoms with E-state index in [1.807, 2.05) is 25.5 Å². The lowest BCUT2D eigenvalue weighted by Gasteiger charge is -2.31. The number of halogens is 1. The number of nitriles is 1. The smallest absolute Gasteiger partial charge is 0.225 e. The monoisotopic (exact) mass is 374 g/mol. The fraction of sp³-hybridized carbons (Fsp3) is 0.556. The molecule has 1 amide bonds. The fourth-order valence-electron chi connectivity index (χ4n) is 3.31. The SMILES string of the molecule is CC(=O)N(c1c(C#N)cnn1-c1nn2c(c1Cl)CCCC2)C(C)C(C)C. The topological polar surface area (TPSA) is 79.7 Å². The van der Waals surface area contributed by atoms with Crippen molar-refractivity contribution in [1.82, 2.24) is 19.6 Å². The van der Waals surface area contributed by atoms with E-state index in [9.17, 15) is 10.1 Å². The van der Waals surface area contributed by atoms with E-state index in [1.165, 1.54) is 17.8 Å². The lowest BCUT2D eigenvalue weighted by molar-refractivity contribution is -0.117. The molecule has 1 aliphatic rings. The van der Waals surface area contributed by atoms with Crippen LogP contribution >= 0.6 is 11.6 Å². The summed E-state index contributed by atoms with van der Waals surface area (Å²) < 4.78 is 3.44. The number of carbonyl (C=O) groups is 1. The van der Waals surface area contributed by atoms with Crippen LogP contribution < -0.4 is 4.90 Å². The Bertz CT molecular complexity index is 875. The second-order valence-corrected chi connectivity index (χ2v) is 7.42. The fourth-order valence-corrected chi connectivity index (χ4v) is 3.62. The second-order valence-electron chi connectivity index (χ2n) is 7.04. The Labute approximate surface area is 158 Å². The third-order valence-corrected chi connectivity index (χ3v) is 5.40. The molecule has 7 nitrogen and oxygen atoms in total. The molecule has 0 fully saturated rings. The van der Waals surface area contributed by atoms with Gasteiger partial charge in [0.05, 0.1) is 11.9 Å². The predicted molar refractivity (Wildman–Crippen MR) is 99.5 cm³/mol. The van der Waals surface area contributed by atoms with Gasteiger partial charge in [0, 0.05) is 19.5 Å². The molecule has 0 saturated carbocycles. The summed E-state index contributed by atoms with van der Waals surface area (Å²) in [6, 6.07) is 2.04. The Morgan fingerprint density at radius 2 is 2.12 bits per heavy atom. The van der Waals surface area contributed by atoms with E-state index in [-0.39, 0.29) is 17.9 Å². The van der Waals surface area contributed by atoms with E-state index in [0.717, 1.165) is 31.5 Å². The summed E-state index contributed by atoms with van der Waals surface area (Å²) in [5.74, 6) is 0.963. The summed E-state index contributed by atoms with van der Waals surface area (Å²) in [6.07, 6.45) is 4.47. The third kappa shape index (κ3) is 2.99. The minimum absolute atomic E-state index is 0.105. The van der Waals surface area contributed by atoms with Crippen LogP contribution in [0.5, 0.6) is 0 Å². The van der Waals surface area contributed by atoms with Crippen LogP contribution in [0.2, 0.25) is 5.02 Å². The molecule has 26 heavy (non-hydrogen) atoms. The van der Waals surface area contributed by atoms with Gasteiger partial charge >= 0.3 is 0 Å². The van der Waals surface area contributed by atoms with Crippen LogP contribution in [0, 0.1) is 17.2 Å². The summed E-state index contributed by atoms with van der Waals surface area (Å²) in [4.78, 5) is 14.1. The number of aromatic nitrogens is 4. The van der Waals surface area contributed by atoms with Crippen molar-refractivity contribution in [2.75, 3.05) is 4.90 Å². The van der Waals surface area contributed by atoms with Crippen LogP contribution in [0.1, 0.15) is 51.8 Å². The molecule has 3 rings (SSSR count). The maximum Gasteiger partial charge on any atom is 0.225 e. The van der Waals surface area contributed by atoms with Gasteiger partial charge in [-0.1, -0.05) is 25.4 Å². The first-order chi connectivity index (χ1) is 12.4. The molecule has 0 aromatic carbocycles. The highest BCUT2D eigenvalue weighted by Gasteiger charge is 2.31. The van der Waals surface area contributed by atoms with Gasteiger partial charge in [0.2, 0.25) is 5.91 Å². The molecule has 2 aromatic rings. The summed E-state index contributed by atoms with van der Waals surface area (Å²) in [5.41, 5.74) is 1.31. The number of carbonyl (C=O) groups excluding carboxylic acids is 1. The lowest BCUT2D eigenvalue weighted by atomic mass is 10.0. The molecule has 0 N–H and O–H groups in total. The first-order valence-electron chi connectivity index (χ1n) is 8.90. The largest absolute Gasteiger partial charge is 0.293 e. The minimum Gasteiger partial charge on any atom is -0.293 e. The summed E-state index contributed by atoms with van der Waals surface area (Å²) in [6.45, 7) is 8.35. The predicted octanol–water partition coefficient (Wildman–Crippen LogP) is 3.33. The lowest BCUT2D eigenvalue weighted by Crippen LogP contribution is -2.42. The molecule has 3 heterocycles. The quantitative estimate of drug-likeness (QED) is 0.822. The highest BCUT2D eigenvalue weighted by Crippen LogP contribution is 2.33. The summed E-state index contributed by atoms with van der Waals surface area (Å²) in [7, 11) is 0. The molecular formula is C18H23ClN6O. The van der Waals surface area contributed by atoms with Crippen LogP contribution in [0.4, 0.5) is 5.82 Å². The van der Waals surface area contributed by atoms with Gasteiger partial charge in [0.1, 0.15) is 16.7 Å². The highest BCUT2D eigenvalue weighted by molar-refractivity contribution is 6.33. The van der Waals surface area contributed by atoms with Crippen LogP contribution in [-0.2, 0) is 17.8 Å². The Morgan fingerprint density at radius 1 is 1.38 bits per heavy atom. The molecular weight excluding hydrogens is 352 g/mol. The number of hydrogen-bond acceptors (Lipinski definition) is 4. The first kappa shape index (κ1) is 18.5. The van der Waals surface area contributed by atoms with Crippen molar-refractivity contribution in [1.29, 1.82) is 5.26 Å². The minimum atomic E-state index is -0.149. The zero-order valence-electron chi connectivity index (χ0n) is 15.5. The van der Waals surface area contributed by atoms with Crippen molar-refractivity contribution in [2.45, 2.75) is 59.5 Å². The van der Waals surface area contributed by atoms with Crippen molar-refractivity contribution in [3.05, 3.63) is 22.5 Å². The van der Waals surface area contributed by atoms with Crippen LogP contribution in [0.25, 0.3) is 5.82 Å². The van der Waals surface area contributed by atoms with E-state index >= 15 is 0 Å². The Balaban J connectivity index is 2.19. The van der Waals surface area contributed by atoms with Crippen LogP contribution in [-0.4, -0.2) is 31.5 Å². The van der Waals surface area contributed by atoms with Crippen molar-refractivity contribution >= 4 is 23.3 Å². The molecule has 138 valence electrons. The number of amides is 1. The molecule has 0 aliphatic carbocycles. The number of hydrogen-bond donors (Lipinski definition) is 0. The molecule has 1 aliphatic heterocycles. The van der Waals surface area contributed by atoms with Gasteiger partial charge in [-0.25, -0.2) is 0 Å². The zero-order chi connectivity index (χ0) is 19.0. The van der Waals surface area contributed by atoms with Crippen LogP contribution in [0.3, 0.4) is 0 Å². The second kappa shape index (κ2) is 7.12. The highest BCUT2D eigenvalue weighted by atomic mass is 35.5.